The van der Waals surface area contributed by atoms with Crippen LogP contribution < -0.4 is 0 Å². The minimum atomic E-state index is -0.806. The predicted octanol–water partition coefficient (Wildman–Crippen LogP) is 7.07. The predicted molar refractivity (Wildman–Crippen MR) is 141 cm³/mol. The molecule has 6 nitrogen and oxygen atoms in total. The third kappa shape index (κ3) is 4.76. The highest BCUT2D eigenvalue weighted by molar-refractivity contribution is 9.15. The van der Waals surface area contributed by atoms with Crippen molar-refractivity contribution in [2.24, 2.45) is 0 Å². The first kappa shape index (κ1) is 26.2. The lowest BCUT2D eigenvalue weighted by Gasteiger charge is -2.29. The summed E-state index contributed by atoms with van der Waals surface area (Å²) in [4.78, 5) is 53.5. The number of Topliss-reactive ketones (excluding diaryl/α,β-unsaturated/α-hetero) is 1. The Hall–Kier alpha value is -1.92. The Morgan fingerprint density at radius 2 is 1.23 bits per heavy atom. The number of carbonyl (C=O) groups is 4. The van der Waals surface area contributed by atoms with Crippen molar-refractivity contribution in [1.82, 2.24) is 10.0 Å². The molecule has 0 N–H and O–H groups in total. The molecule has 12 heteroatoms. The van der Waals surface area contributed by atoms with Crippen molar-refractivity contribution in [3.63, 3.8) is 0 Å². The molecule has 1 aliphatic rings. The van der Waals surface area contributed by atoms with Gasteiger partial charge in [-0.1, -0.05) is 11.6 Å². The normalized spacial score (nSPS) is 12.7. The third-order valence-corrected chi connectivity index (χ3v) is 10.1. The van der Waals surface area contributed by atoms with Crippen molar-refractivity contribution in [1.29, 1.82) is 0 Å². The van der Waals surface area contributed by atoms with E-state index in [2.05, 4.69) is 63.7 Å². The highest BCUT2D eigenvalue weighted by Gasteiger charge is 2.46. The molecule has 0 saturated heterocycles. The summed E-state index contributed by atoms with van der Waals surface area (Å²) in [6.07, 6.45) is 0. The fraction of sp³-hybridized carbons (Fsp3) is 0.0435. The second-order valence-electron chi connectivity index (χ2n) is 7.23. The van der Waals surface area contributed by atoms with E-state index in [1.54, 1.807) is 0 Å². The minimum Gasteiger partial charge on any atom is -0.292 e. The standard InChI is InChI=1S/C23H10Br4ClFN2O4/c24-17-15-16(18(25)20(27)19(17)26)23(35)31(22(15)34)30(21(33)11-1-5-12(28)6-2-11)9-14(32)10-3-7-13(29)8-4-10/h1-8H,9H2. The molecule has 0 aromatic heterocycles. The molecular weight excluding hydrogens is 742 g/mol. The Balaban J connectivity index is 1.81. The molecular formula is C23H10Br4ClFN2O4. The molecule has 4 rings (SSSR count). The summed E-state index contributed by atoms with van der Waals surface area (Å²) in [6.45, 7) is -0.657. The molecule has 0 saturated carbocycles. The third-order valence-electron chi connectivity index (χ3n) is 5.11. The second kappa shape index (κ2) is 10.2. The lowest BCUT2D eigenvalue weighted by Crippen LogP contribution is -2.51. The number of fused-ring (bicyclic) bond motifs is 1. The van der Waals surface area contributed by atoms with Gasteiger partial charge in [0.1, 0.15) is 12.4 Å². The summed E-state index contributed by atoms with van der Waals surface area (Å²) >= 11 is 19.3. The van der Waals surface area contributed by atoms with E-state index in [1.807, 2.05) is 0 Å². The maximum Gasteiger partial charge on any atom is 0.282 e. The fourth-order valence-corrected chi connectivity index (χ4v) is 5.98. The number of imide groups is 1. The SMILES string of the molecule is O=C(CN(C(=O)c1ccc(Cl)cc1)N1C(=O)c2c(Br)c(Br)c(Br)c(Br)c2C1=O)c1ccc(F)cc1. The smallest absolute Gasteiger partial charge is 0.282 e. The van der Waals surface area contributed by atoms with Crippen LogP contribution >= 0.6 is 75.3 Å². The molecule has 0 aliphatic carbocycles. The number of hydrogen-bond acceptors (Lipinski definition) is 4. The van der Waals surface area contributed by atoms with E-state index < -0.39 is 35.9 Å². The number of carbonyl (C=O) groups excluding carboxylic acids is 4. The molecule has 1 heterocycles. The molecule has 0 spiro atoms. The summed E-state index contributed by atoms with van der Waals surface area (Å²) in [5, 5.41) is 1.79. The van der Waals surface area contributed by atoms with Crippen LogP contribution in [0.15, 0.2) is 66.4 Å². The molecule has 35 heavy (non-hydrogen) atoms. The van der Waals surface area contributed by atoms with Crippen molar-refractivity contribution in [3.05, 3.63) is 99.5 Å². The summed E-state index contributed by atoms with van der Waals surface area (Å²) in [5.41, 5.74) is 0.225. The van der Waals surface area contributed by atoms with Gasteiger partial charge in [-0.15, -0.1) is 0 Å². The average Bonchev–Trinajstić information content (AvgIpc) is 3.10. The lowest BCUT2D eigenvalue weighted by molar-refractivity contribution is 0.00527. The van der Waals surface area contributed by atoms with Gasteiger partial charge in [0.05, 0.1) is 11.1 Å². The van der Waals surface area contributed by atoms with Crippen LogP contribution in [0.25, 0.3) is 0 Å². The molecule has 0 radical (unpaired) electrons. The van der Waals surface area contributed by atoms with Gasteiger partial charge in [-0.05, 0) is 112 Å². The molecule has 3 aromatic carbocycles. The Labute approximate surface area is 236 Å². The summed E-state index contributed by atoms with van der Waals surface area (Å²) in [5.74, 6) is -3.54. The van der Waals surface area contributed by atoms with Crippen LogP contribution in [0, 0.1) is 5.82 Å². The van der Waals surface area contributed by atoms with Crippen LogP contribution in [0.2, 0.25) is 5.02 Å². The number of rotatable bonds is 5. The highest BCUT2D eigenvalue weighted by atomic mass is 79.9. The number of halogens is 6. The monoisotopic (exact) mass is 748 g/mol. The van der Waals surface area contributed by atoms with Crippen LogP contribution in [0.4, 0.5) is 4.39 Å². The fourth-order valence-electron chi connectivity index (χ4n) is 3.39. The molecule has 3 aromatic rings. The van der Waals surface area contributed by atoms with Crippen LogP contribution in [0.1, 0.15) is 41.4 Å². The van der Waals surface area contributed by atoms with Crippen molar-refractivity contribution < 1.29 is 23.6 Å². The van der Waals surface area contributed by atoms with Crippen LogP contribution in [-0.2, 0) is 0 Å². The van der Waals surface area contributed by atoms with Gasteiger partial charge in [0, 0.05) is 34.0 Å². The van der Waals surface area contributed by atoms with E-state index in [9.17, 15) is 23.6 Å². The zero-order valence-corrected chi connectivity index (χ0v) is 24.2. The van der Waals surface area contributed by atoms with Gasteiger partial charge in [-0.3, -0.25) is 19.2 Å². The number of hydrazine groups is 1. The van der Waals surface area contributed by atoms with Gasteiger partial charge in [-0.25, -0.2) is 9.40 Å². The number of nitrogens with zero attached hydrogens (tertiary/aromatic N) is 2. The van der Waals surface area contributed by atoms with Crippen molar-refractivity contribution >= 4 is 98.8 Å². The molecule has 0 unspecified atom stereocenters. The average molecular weight is 752 g/mol. The first-order valence-electron chi connectivity index (χ1n) is 9.63. The number of ketones is 1. The van der Waals surface area contributed by atoms with Crippen molar-refractivity contribution in [2.75, 3.05) is 6.54 Å². The van der Waals surface area contributed by atoms with E-state index in [1.165, 1.54) is 36.4 Å². The van der Waals surface area contributed by atoms with Crippen LogP contribution in [0.5, 0.6) is 0 Å². The Morgan fingerprint density at radius 1 is 0.771 bits per heavy atom. The molecule has 178 valence electrons. The minimum absolute atomic E-state index is 0.0140. The molecule has 0 fully saturated rings. The Kier molecular flexibility index (Phi) is 7.63. The van der Waals surface area contributed by atoms with Crippen LogP contribution in [-0.4, -0.2) is 40.1 Å². The van der Waals surface area contributed by atoms with Crippen molar-refractivity contribution in [2.45, 2.75) is 0 Å². The maximum atomic E-state index is 13.5. The van der Waals surface area contributed by atoms with E-state index in [-0.39, 0.29) is 22.3 Å². The zero-order chi connectivity index (χ0) is 25.6. The van der Waals surface area contributed by atoms with Crippen molar-refractivity contribution in [3.8, 4) is 0 Å². The Bertz CT molecular complexity index is 1370. The summed E-state index contributed by atoms with van der Waals surface area (Å²) in [6, 6.07) is 10.5. The summed E-state index contributed by atoms with van der Waals surface area (Å²) < 4.78 is 14.9. The van der Waals surface area contributed by atoms with Gasteiger partial charge >= 0.3 is 0 Å². The molecule has 3 amide bonds. The largest absolute Gasteiger partial charge is 0.292 e. The van der Waals surface area contributed by atoms with Crippen LogP contribution in [0.3, 0.4) is 0 Å². The van der Waals surface area contributed by atoms with Gasteiger partial charge in [0.2, 0.25) is 0 Å². The van der Waals surface area contributed by atoms with Gasteiger partial charge < -0.3 is 0 Å². The molecule has 0 atom stereocenters. The topological polar surface area (TPSA) is 74.8 Å². The van der Waals surface area contributed by atoms with Gasteiger partial charge in [0.25, 0.3) is 17.7 Å². The van der Waals surface area contributed by atoms with E-state index in [0.717, 1.165) is 17.1 Å². The highest BCUT2D eigenvalue weighted by Crippen LogP contribution is 2.45. The number of benzene rings is 3. The van der Waals surface area contributed by atoms with E-state index in [4.69, 9.17) is 11.6 Å². The Morgan fingerprint density at radius 3 is 1.71 bits per heavy atom. The van der Waals surface area contributed by atoms with E-state index >= 15 is 0 Å². The first-order valence-corrected chi connectivity index (χ1v) is 13.2. The molecule has 1 aliphatic heterocycles. The lowest BCUT2D eigenvalue weighted by atomic mass is 10.1. The summed E-state index contributed by atoms with van der Waals surface area (Å²) in [7, 11) is 0. The number of hydrogen-bond donors (Lipinski definition) is 0. The maximum absolute atomic E-state index is 13.5. The first-order chi connectivity index (χ1) is 16.5. The second-order valence-corrected chi connectivity index (χ2v) is 10.8. The molecule has 0 bridgehead atoms. The van der Waals surface area contributed by atoms with Gasteiger partial charge in [0.15, 0.2) is 5.78 Å². The number of amides is 3. The van der Waals surface area contributed by atoms with Gasteiger partial charge in [-0.2, -0.15) is 5.01 Å². The van der Waals surface area contributed by atoms with E-state index in [0.29, 0.717) is 27.9 Å². The zero-order valence-electron chi connectivity index (χ0n) is 17.1. The quantitative estimate of drug-likeness (QED) is 0.121.